The number of thioether (sulfide) groups is 1. The van der Waals surface area contributed by atoms with E-state index in [0.29, 0.717) is 9.99 Å². The van der Waals surface area contributed by atoms with Crippen LogP contribution in [0.15, 0.2) is 18.2 Å². The van der Waals surface area contributed by atoms with Crippen LogP contribution in [0.1, 0.15) is 15.9 Å². The molecular formula is C12H16INO6S3. The summed E-state index contributed by atoms with van der Waals surface area (Å²) in [5, 5.41) is 7.42. The topological polar surface area (TPSA) is 118 Å². The molecule has 1 unspecified atom stereocenters. The van der Waals surface area contributed by atoms with Crippen LogP contribution in [0, 0.1) is 3.57 Å². The van der Waals surface area contributed by atoms with Crippen molar-refractivity contribution >= 4 is 60.2 Å². The number of nitrogens with one attached hydrogen (secondary N) is 1. The second kappa shape index (κ2) is 8.14. The summed E-state index contributed by atoms with van der Waals surface area (Å²) in [5.41, 5.74) is 0.925. The van der Waals surface area contributed by atoms with Gasteiger partial charge in [-0.15, -0.1) is 11.8 Å². The number of halogens is 1. The smallest absolute Gasteiger partial charge is 0.335 e. The van der Waals surface area contributed by atoms with Gasteiger partial charge in [0.1, 0.15) is 0 Å². The normalized spacial score (nSPS) is 13.7. The number of sulfone groups is 1. The Morgan fingerprint density at radius 2 is 1.96 bits per heavy atom. The molecule has 0 amide bonds. The van der Waals surface area contributed by atoms with E-state index in [0.717, 1.165) is 11.8 Å². The van der Waals surface area contributed by atoms with E-state index in [-0.39, 0.29) is 5.56 Å². The van der Waals surface area contributed by atoms with E-state index in [9.17, 15) is 21.6 Å². The van der Waals surface area contributed by atoms with Crippen molar-refractivity contribution in [1.29, 1.82) is 0 Å². The van der Waals surface area contributed by atoms with Crippen LogP contribution in [0.5, 0.6) is 0 Å². The van der Waals surface area contributed by atoms with Gasteiger partial charge in [0.05, 0.1) is 10.9 Å². The van der Waals surface area contributed by atoms with Gasteiger partial charge in [-0.25, -0.2) is 26.4 Å². The quantitative estimate of drug-likeness (QED) is 0.412. The third kappa shape index (κ3) is 7.37. The molecular weight excluding hydrogens is 477 g/mol. The number of rotatable bonds is 8. The van der Waals surface area contributed by atoms with Crippen LogP contribution < -0.4 is 4.72 Å². The lowest BCUT2D eigenvalue weighted by Crippen LogP contribution is -2.37. The highest BCUT2D eigenvalue weighted by molar-refractivity contribution is 14.1. The summed E-state index contributed by atoms with van der Waals surface area (Å²) in [4.78, 5) is 10.9. The Hall–Kier alpha value is -0.370. The fraction of sp³-hybridized carbons (Fsp3) is 0.417. The lowest BCUT2D eigenvalue weighted by molar-refractivity contribution is 0.0696. The average molecular weight is 493 g/mol. The van der Waals surface area contributed by atoms with E-state index in [1.165, 1.54) is 23.9 Å². The lowest BCUT2D eigenvalue weighted by atomic mass is 10.1. The summed E-state index contributed by atoms with van der Waals surface area (Å²) < 4.78 is 49.0. The second-order valence-electron chi connectivity index (χ2n) is 4.82. The van der Waals surface area contributed by atoms with Crippen LogP contribution in [0.4, 0.5) is 0 Å². The minimum absolute atomic E-state index is 0.150. The van der Waals surface area contributed by atoms with Crippen molar-refractivity contribution in [3.8, 4) is 0 Å². The Balaban J connectivity index is 2.91. The zero-order valence-electron chi connectivity index (χ0n) is 12.3. The number of carboxylic acids is 1. The molecule has 7 nitrogen and oxygen atoms in total. The molecule has 1 aromatic carbocycles. The van der Waals surface area contributed by atoms with Gasteiger partial charge in [0, 0.05) is 9.83 Å². The molecule has 0 heterocycles. The zero-order chi connectivity index (χ0) is 17.8. The van der Waals surface area contributed by atoms with Gasteiger partial charge in [0.15, 0.2) is 14.9 Å². The maximum atomic E-state index is 11.9. The number of benzene rings is 1. The Morgan fingerprint density at radius 1 is 1.35 bits per heavy atom. The summed E-state index contributed by atoms with van der Waals surface area (Å²) in [5.74, 6) is -1.04. The second-order valence-corrected chi connectivity index (χ2v) is 11.3. The molecule has 11 heteroatoms. The molecule has 0 aliphatic rings. The van der Waals surface area contributed by atoms with Gasteiger partial charge in [0.25, 0.3) is 0 Å². The SMILES string of the molecule is CSC(Cc1ccc(C(=O)O)cc1I)NS(=O)(=O)CS(C)(=O)=O. The Labute approximate surface area is 153 Å². The van der Waals surface area contributed by atoms with Gasteiger partial charge in [-0.1, -0.05) is 6.07 Å². The number of carboxylic acid groups (broad SMARTS) is 1. The minimum Gasteiger partial charge on any atom is -0.478 e. The van der Waals surface area contributed by atoms with Gasteiger partial charge in [-0.2, -0.15) is 0 Å². The number of carbonyl (C=O) groups is 1. The number of hydrogen-bond donors (Lipinski definition) is 2. The highest BCUT2D eigenvalue weighted by atomic mass is 127. The van der Waals surface area contributed by atoms with Crippen molar-refractivity contribution in [3.63, 3.8) is 0 Å². The van der Waals surface area contributed by atoms with Crippen molar-refractivity contribution in [3.05, 3.63) is 32.9 Å². The van der Waals surface area contributed by atoms with Crippen LogP contribution in [0.3, 0.4) is 0 Å². The monoisotopic (exact) mass is 493 g/mol. The summed E-state index contributed by atoms with van der Waals surface area (Å²) in [6, 6.07) is 4.57. The van der Waals surface area contributed by atoms with Crippen LogP contribution in [0.2, 0.25) is 0 Å². The molecule has 0 radical (unpaired) electrons. The van der Waals surface area contributed by atoms with E-state index in [1.54, 1.807) is 12.3 Å². The molecule has 2 N–H and O–H groups in total. The predicted octanol–water partition coefficient (Wildman–Crippen LogP) is 1.14. The van der Waals surface area contributed by atoms with Crippen molar-refractivity contribution in [2.45, 2.75) is 11.8 Å². The fourth-order valence-corrected chi connectivity index (χ4v) is 6.65. The summed E-state index contributed by atoms with van der Waals surface area (Å²) in [7, 11) is -7.62. The zero-order valence-corrected chi connectivity index (χ0v) is 16.9. The van der Waals surface area contributed by atoms with E-state index in [4.69, 9.17) is 5.11 Å². The highest BCUT2D eigenvalue weighted by Gasteiger charge is 2.23. The first-order valence-corrected chi connectivity index (χ1v) is 12.2. The standard InChI is InChI=1S/C12H16INO6S3/c1-21-11(14-23(19,20)7-22(2,17)18)6-8-3-4-9(12(15)16)5-10(8)13/h3-5,11,14H,6-7H2,1-2H3,(H,15,16). The lowest BCUT2D eigenvalue weighted by Gasteiger charge is -2.17. The van der Waals surface area contributed by atoms with E-state index in [1.807, 2.05) is 22.6 Å². The predicted molar refractivity (Wildman–Crippen MR) is 98.9 cm³/mol. The summed E-state index contributed by atoms with van der Waals surface area (Å²) in [6.07, 6.45) is 2.86. The van der Waals surface area contributed by atoms with Gasteiger partial charge in [-0.05, 0) is 53.0 Å². The molecule has 0 saturated carbocycles. The first-order valence-electron chi connectivity index (χ1n) is 6.16. The molecule has 1 rings (SSSR count). The molecule has 130 valence electrons. The maximum absolute atomic E-state index is 11.9. The molecule has 0 saturated heterocycles. The molecule has 0 fully saturated rings. The summed E-state index contributed by atoms with van der Waals surface area (Å²) >= 11 is 3.21. The Morgan fingerprint density at radius 3 is 2.39 bits per heavy atom. The molecule has 0 aliphatic heterocycles. The number of aromatic carboxylic acids is 1. The first kappa shape index (κ1) is 20.7. The third-order valence-corrected chi connectivity index (χ3v) is 8.27. The molecule has 23 heavy (non-hydrogen) atoms. The van der Waals surface area contributed by atoms with Gasteiger partial charge < -0.3 is 5.11 Å². The number of hydrogen-bond acceptors (Lipinski definition) is 6. The van der Waals surface area contributed by atoms with Crippen molar-refractivity contribution in [2.24, 2.45) is 0 Å². The van der Waals surface area contributed by atoms with E-state index in [2.05, 4.69) is 4.72 Å². The Kier molecular flexibility index (Phi) is 7.32. The van der Waals surface area contributed by atoms with Crippen molar-refractivity contribution < 1.29 is 26.7 Å². The first-order chi connectivity index (χ1) is 10.4. The molecule has 0 aliphatic carbocycles. The van der Waals surface area contributed by atoms with E-state index < -0.39 is 36.3 Å². The molecule has 0 aromatic heterocycles. The fourth-order valence-electron chi connectivity index (χ4n) is 1.73. The summed E-state index contributed by atoms with van der Waals surface area (Å²) in [6.45, 7) is 0. The van der Waals surface area contributed by atoms with Crippen molar-refractivity contribution in [2.75, 3.05) is 17.6 Å². The maximum Gasteiger partial charge on any atom is 0.335 e. The number of sulfonamides is 1. The molecule has 1 atom stereocenters. The molecule has 1 aromatic rings. The Bertz CT molecular complexity index is 791. The molecule has 0 spiro atoms. The minimum atomic E-state index is -3.96. The van der Waals surface area contributed by atoms with Crippen LogP contribution in [-0.4, -0.2) is 50.9 Å². The molecule has 0 bridgehead atoms. The van der Waals surface area contributed by atoms with Gasteiger partial charge in [0.2, 0.25) is 10.0 Å². The largest absolute Gasteiger partial charge is 0.478 e. The van der Waals surface area contributed by atoms with E-state index >= 15 is 0 Å². The van der Waals surface area contributed by atoms with Crippen LogP contribution >= 0.6 is 34.4 Å². The van der Waals surface area contributed by atoms with Gasteiger partial charge >= 0.3 is 5.97 Å². The third-order valence-electron chi connectivity index (χ3n) is 2.67. The van der Waals surface area contributed by atoms with Crippen molar-refractivity contribution in [1.82, 2.24) is 4.72 Å². The average Bonchev–Trinajstić information content (AvgIpc) is 2.36. The highest BCUT2D eigenvalue weighted by Crippen LogP contribution is 2.20. The van der Waals surface area contributed by atoms with Gasteiger partial charge in [-0.3, -0.25) is 0 Å². The van der Waals surface area contributed by atoms with Crippen LogP contribution in [-0.2, 0) is 26.3 Å². The van der Waals surface area contributed by atoms with Crippen LogP contribution in [0.25, 0.3) is 0 Å².